The lowest BCUT2D eigenvalue weighted by molar-refractivity contribution is 0.0314. The molecule has 8 heteroatoms. The number of carbonyl (C=O) groups is 1. The molecule has 0 aliphatic carbocycles. The molecule has 2 aromatic heterocycles. The van der Waals surface area contributed by atoms with Gasteiger partial charge in [0.25, 0.3) is 5.91 Å². The minimum Gasteiger partial charge on any atom is -0.365 e. The third kappa shape index (κ3) is 2.50. The van der Waals surface area contributed by atoms with Crippen LogP contribution in [0.15, 0.2) is 6.07 Å². The van der Waals surface area contributed by atoms with E-state index in [4.69, 9.17) is 4.74 Å². The molecule has 0 aromatic carbocycles. The maximum absolute atomic E-state index is 12.8. The first kappa shape index (κ1) is 15.3. The van der Waals surface area contributed by atoms with Gasteiger partial charge in [-0.3, -0.25) is 14.6 Å². The van der Waals surface area contributed by atoms with Gasteiger partial charge in [0.2, 0.25) is 0 Å². The van der Waals surface area contributed by atoms with Crippen LogP contribution >= 0.6 is 0 Å². The first-order chi connectivity index (χ1) is 11.5. The van der Waals surface area contributed by atoms with Crippen molar-refractivity contribution in [2.75, 3.05) is 13.1 Å². The highest BCUT2D eigenvalue weighted by Gasteiger charge is 2.45. The van der Waals surface area contributed by atoms with Crippen molar-refractivity contribution in [2.45, 2.75) is 45.9 Å². The van der Waals surface area contributed by atoms with Gasteiger partial charge < -0.3 is 9.64 Å². The molecule has 2 saturated heterocycles. The van der Waals surface area contributed by atoms with Gasteiger partial charge in [0, 0.05) is 25.6 Å². The molecule has 2 aliphatic rings. The van der Waals surface area contributed by atoms with Crippen LogP contribution in [0.5, 0.6) is 0 Å². The van der Waals surface area contributed by atoms with Gasteiger partial charge in [0.1, 0.15) is 17.6 Å². The van der Waals surface area contributed by atoms with Crippen molar-refractivity contribution in [2.24, 2.45) is 5.92 Å². The highest BCUT2D eigenvalue weighted by molar-refractivity contribution is 5.93. The Morgan fingerprint density at radius 1 is 1.42 bits per heavy atom. The number of likely N-dealkylation sites (tertiary alicyclic amines) is 1. The Hall–Kier alpha value is -2.22. The molecule has 0 bridgehead atoms. The molecule has 2 aliphatic heterocycles. The molecule has 24 heavy (non-hydrogen) atoms. The number of fused-ring (bicyclic) bond motifs is 1. The van der Waals surface area contributed by atoms with Gasteiger partial charge in [-0.05, 0) is 33.3 Å². The fourth-order valence-corrected chi connectivity index (χ4v) is 3.72. The second-order valence-electron chi connectivity index (χ2n) is 6.63. The van der Waals surface area contributed by atoms with Crippen LogP contribution in [0, 0.1) is 19.8 Å². The third-order valence-corrected chi connectivity index (χ3v) is 4.85. The Balaban J connectivity index is 1.44. The molecular weight excluding hydrogens is 308 g/mol. The number of carbonyl (C=O) groups excluding carboxylic acids is 1. The second-order valence-corrected chi connectivity index (χ2v) is 6.63. The number of aromatic amines is 1. The molecule has 3 atom stereocenters. The zero-order chi connectivity index (χ0) is 16.8. The molecule has 4 heterocycles. The van der Waals surface area contributed by atoms with Gasteiger partial charge >= 0.3 is 0 Å². The molecule has 2 aromatic rings. The summed E-state index contributed by atoms with van der Waals surface area (Å²) in [6.45, 7) is 7.82. The summed E-state index contributed by atoms with van der Waals surface area (Å²) in [6.07, 6.45) is 0.861. The third-order valence-electron chi connectivity index (χ3n) is 4.85. The lowest BCUT2D eigenvalue weighted by Crippen LogP contribution is -2.32. The first-order valence-corrected chi connectivity index (χ1v) is 8.43. The number of aromatic nitrogens is 5. The number of nitrogens with one attached hydrogen (secondary N) is 1. The average molecular weight is 330 g/mol. The van der Waals surface area contributed by atoms with E-state index in [1.807, 2.05) is 31.7 Å². The smallest absolute Gasteiger partial charge is 0.272 e. The second kappa shape index (κ2) is 5.70. The molecular formula is C16H22N6O2. The molecule has 0 spiro atoms. The summed E-state index contributed by atoms with van der Waals surface area (Å²) in [6, 6.07) is 1.86. The van der Waals surface area contributed by atoms with Crippen molar-refractivity contribution < 1.29 is 9.53 Å². The lowest BCUT2D eigenvalue weighted by Gasteiger charge is -2.19. The van der Waals surface area contributed by atoms with Crippen LogP contribution in [0.4, 0.5) is 0 Å². The molecule has 2 fully saturated rings. The number of amides is 1. The van der Waals surface area contributed by atoms with E-state index in [-0.39, 0.29) is 18.1 Å². The SMILES string of the molecule is CCn1nc(C)cc1C(=O)N1C[C@H]2C[C@H](c3n[nH]c(C)n3)O[C@H]2C1. The molecule has 1 N–H and O–H groups in total. The summed E-state index contributed by atoms with van der Waals surface area (Å²) >= 11 is 0. The quantitative estimate of drug-likeness (QED) is 0.914. The molecule has 1 amide bonds. The minimum absolute atomic E-state index is 0.0424. The monoisotopic (exact) mass is 330 g/mol. The van der Waals surface area contributed by atoms with Gasteiger partial charge in [0.15, 0.2) is 5.82 Å². The van der Waals surface area contributed by atoms with Crippen LogP contribution in [0.1, 0.15) is 47.3 Å². The van der Waals surface area contributed by atoms with E-state index in [0.717, 1.165) is 30.3 Å². The van der Waals surface area contributed by atoms with E-state index in [1.54, 1.807) is 4.68 Å². The van der Waals surface area contributed by atoms with Crippen LogP contribution < -0.4 is 0 Å². The van der Waals surface area contributed by atoms with Crippen molar-refractivity contribution in [1.29, 1.82) is 0 Å². The van der Waals surface area contributed by atoms with Crippen molar-refractivity contribution in [3.63, 3.8) is 0 Å². The minimum atomic E-state index is -0.0642. The summed E-state index contributed by atoms with van der Waals surface area (Å²) in [5.74, 6) is 1.91. The number of hydrogen-bond donors (Lipinski definition) is 1. The van der Waals surface area contributed by atoms with Crippen molar-refractivity contribution >= 4 is 5.91 Å². The number of hydrogen-bond acceptors (Lipinski definition) is 5. The number of nitrogens with zero attached hydrogens (tertiary/aromatic N) is 5. The standard InChI is InChI=1S/C16H22N6O2/c1-4-22-12(5-9(2)20-22)16(23)21-7-11-6-13(24-14(11)8-21)15-17-10(3)18-19-15/h5,11,13-14H,4,6-8H2,1-3H3,(H,17,18,19)/t11-,13-,14+/m1/s1. The van der Waals surface area contributed by atoms with E-state index in [0.29, 0.717) is 24.7 Å². The van der Waals surface area contributed by atoms with Gasteiger partial charge in [-0.25, -0.2) is 4.98 Å². The Morgan fingerprint density at radius 2 is 2.25 bits per heavy atom. The summed E-state index contributed by atoms with van der Waals surface area (Å²) in [5, 5.41) is 11.4. The van der Waals surface area contributed by atoms with Crippen molar-refractivity contribution in [1.82, 2.24) is 29.9 Å². The number of H-pyrrole nitrogens is 1. The first-order valence-electron chi connectivity index (χ1n) is 8.43. The zero-order valence-corrected chi connectivity index (χ0v) is 14.2. The fraction of sp³-hybridized carbons (Fsp3) is 0.625. The van der Waals surface area contributed by atoms with Crippen molar-refractivity contribution in [3.05, 3.63) is 29.1 Å². The predicted octanol–water partition coefficient (Wildman–Crippen LogP) is 1.24. The highest BCUT2D eigenvalue weighted by Crippen LogP contribution is 2.40. The molecule has 4 rings (SSSR count). The molecule has 128 valence electrons. The summed E-state index contributed by atoms with van der Waals surface area (Å²) in [7, 11) is 0. The van der Waals surface area contributed by atoms with Crippen LogP contribution in [0.2, 0.25) is 0 Å². The summed E-state index contributed by atoms with van der Waals surface area (Å²) in [4.78, 5) is 19.1. The molecule has 0 radical (unpaired) electrons. The van der Waals surface area contributed by atoms with Crippen LogP contribution in [0.25, 0.3) is 0 Å². The largest absolute Gasteiger partial charge is 0.365 e. The summed E-state index contributed by atoms with van der Waals surface area (Å²) in [5.41, 5.74) is 1.53. The maximum atomic E-state index is 12.8. The van der Waals surface area contributed by atoms with Gasteiger partial charge in [0.05, 0.1) is 11.8 Å². The molecule has 0 unspecified atom stereocenters. The Labute approximate surface area is 140 Å². The zero-order valence-electron chi connectivity index (χ0n) is 14.2. The lowest BCUT2D eigenvalue weighted by atomic mass is 10.0. The van der Waals surface area contributed by atoms with E-state index >= 15 is 0 Å². The highest BCUT2D eigenvalue weighted by atomic mass is 16.5. The normalized spacial score (nSPS) is 26.1. The number of aryl methyl sites for hydroxylation is 3. The van der Waals surface area contributed by atoms with E-state index in [9.17, 15) is 4.79 Å². The fourth-order valence-electron chi connectivity index (χ4n) is 3.72. The van der Waals surface area contributed by atoms with Crippen molar-refractivity contribution in [3.8, 4) is 0 Å². The maximum Gasteiger partial charge on any atom is 0.272 e. The van der Waals surface area contributed by atoms with E-state index in [2.05, 4.69) is 20.3 Å². The predicted molar refractivity (Wildman–Crippen MR) is 85.4 cm³/mol. The van der Waals surface area contributed by atoms with E-state index < -0.39 is 0 Å². The topological polar surface area (TPSA) is 88.9 Å². The van der Waals surface area contributed by atoms with E-state index in [1.165, 1.54) is 0 Å². The molecule has 0 saturated carbocycles. The Morgan fingerprint density at radius 3 is 2.92 bits per heavy atom. The number of ether oxygens (including phenoxy) is 1. The van der Waals surface area contributed by atoms with Gasteiger partial charge in [-0.2, -0.15) is 10.2 Å². The van der Waals surface area contributed by atoms with Gasteiger partial charge in [-0.1, -0.05) is 0 Å². The summed E-state index contributed by atoms with van der Waals surface area (Å²) < 4.78 is 7.87. The average Bonchev–Trinajstić information content (AvgIpc) is 3.27. The molecule has 8 nitrogen and oxygen atoms in total. The van der Waals surface area contributed by atoms with Gasteiger partial charge in [-0.15, -0.1) is 0 Å². The Bertz CT molecular complexity index is 752. The van der Waals surface area contributed by atoms with Crippen LogP contribution in [-0.2, 0) is 11.3 Å². The van der Waals surface area contributed by atoms with Crippen LogP contribution in [-0.4, -0.2) is 55.0 Å². The Kier molecular flexibility index (Phi) is 3.64. The van der Waals surface area contributed by atoms with Crippen LogP contribution in [0.3, 0.4) is 0 Å². The number of rotatable bonds is 3.